The summed E-state index contributed by atoms with van der Waals surface area (Å²) in [6, 6.07) is 10.7. The highest BCUT2D eigenvalue weighted by Gasteiger charge is 2.44. The molecule has 2 aromatic carbocycles. The Morgan fingerprint density at radius 3 is 2.26 bits per heavy atom. The van der Waals surface area contributed by atoms with Gasteiger partial charge in [-0.2, -0.15) is 17.5 Å². The van der Waals surface area contributed by atoms with Crippen LogP contribution in [0.15, 0.2) is 53.4 Å². The second-order valence-corrected chi connectivity index (χ2v) is 7.85. The highest BCUT2D eigenvalue weighted by Crippen LogP contribution is 2.31. The lowest BCUT2D eigenvalue weighted by atomic mass is 10.1. The number of anilines is 1. The fraction of sp³-hybridized carbons (Fsp3) is 0.235. The van der Waals surface area contributed by atoms with Crippen molar-refractivity contribution in [2.24, 2.45) is 0 Å². The van der Waals surface area contributed by atoms with Gasteiger partial charge < -0.3 is 10.0 Å². The van der Waals surface area contributed by atoms with E-state index in [9.17, 15) is 31.5 Å². The maximum absolute atomic E-state index is 12.9. The maximum atomic E-state index is 12.9. The van der Waals surface area contributed by atoms with Gasteiger partial charge in [-0.25, -0.2) is 8.42 Å². The van der Waals surface area contributed by atoms with Crippen molar-refractivity contribution in [2.75, 3.05) is 18.0 Å². The van der Waals surface area contributed by atoms with E-state index in [2.05, 4.69) is 0 Å². The number of rotatable bonds is 2. The first-order valence-electron chi connectivity index (χ1n) is 7.86. The molecule has 6 nitrogen and oxygen atoms in total. The van der Waals surface area contributed by atoms with Crippen LogP contribution in [0.5, 0.6) is 5.75 Å². The van der Waals surface area contributed by atoms with E-state index in [-0.39, 0.29) is 35.0 Å². The molecule has 0 unspecified atom stereocenters. The number of alkyl halides is 3. The number of fused-ring (bicyclic) bond motifs is 1. The monoisotopic (exact) mass is 400 g/mol. The van der Waals surface area contributed by atoms with Crippen LogP contribution in [0, 0.1) is 0 Å². The largest absolute Gasteiger partial charge is 0.508 e. The smallest absolute Gasteiger partial charge is 0.471 e. The van der Waals surface area contributed by atoms with Crippen LogP contribution in [-0.4, -0.2) is 43.0 Å². The molecule has 3 rings (SSSR count). The summed E-state index contributed by atoms with van der Waals surface area (Å²) in [5, 5.41) is 9.32. The number of carbonyl (C=O) groups excluding carboxylic acids is 1. The minimum absolute atomic E-state index is 0.0308. The van der Waals surface area contributed by atoms with Crippen LogP contribution in [0.25, 0.3) is 0 Å². The molecule has 1 aliphatic heterocycles. The van der Waals surface area contributed by atoms with E-state index in [0.29, 0.717) is 4.90 Å². The van der Waals surface area contributed by atoms with Crippen molar-refractivity contribution in [2.45, 2.75) is 17.6 Å². The minimum atomic E-state index is -5.07. The van der Waals surface area contributed by atoms with Crippen molar-refractivity contribution < 1.29 is 31.5 Å². The summed E-state index contributed by atoms with van der Waals surface area (Å²) in [5.74, 6) is -2.16. The molecule has 0 spiro atoms. The molecule has 1 amide bonds. The Bertz CT molecular complexity index is 959. The van der Waals surface area contributed by atoms with Crippen molar-refractivity contribution in [3.05, 3.63) is 54.1 Å². The van der Waals surface area contributed by atoms with Crippen LogP contribution in [0.1, 0.15) is 5.56 Å². The summed E-state index contributed by atoms with van der Waals surface area (Å²) in [6.45, 7) is -0.923. The predicted molar refractivity (Wildman–Crippen MR) is 90.6 cm³/mol. The molecule has 10 heteroatoms. The van der Waals surface area contributed by atoms with Gasteiger partial charge in [0, 0.05) is 25.3 Å². The zero-order valence-corrected chi connectivity index (χ0v) is 14.7. The first kappa shape index (κ1) is 19.2. The second-order valence-electron chi connectivity index (χ2n) is 5.92. The molecule has 1 N–H and O–H groups in total. The van der Waals surface area contributed by atoms with Crippen molar-refractivity contribution in [1.29, 1.82) is 0 Å². The van der Waals surface area contributed by atoms with Gasteiger partial charge in [0.05, 0.1) is 4.90 Å². The van der Waals surface area contributed by atoms with Gasteiger partial charge in [0.25, 0.3) is 0 Å². The van der Waals surface area contributed by atoms with E-state index >= 15 is 0 Å². The second kappa shape index (κ2) is 6.86. The Hall–Kier alpha value is -2.59. The molecular formula is C17H15F3N2O4S. The molecular weight excluding hydrogens is 385 g/mol. The first-order chi connectivity index (χ1) is 12.6. The fourth-order valence-corrected chi connectivity index (χ4v) is 4.25. The third kappa shape index (κ3) is 3.76. The summed E-state index contributed by atoms with van der Waals surface area (Å²) in [7, 11) is -4.03. The van der Waals surface area contributed by atoms with Crippen molar-refractivity contribution >= 4 is 21.6 Å². The highest BCUT2D eigenvalue weighted by atomic mass is 32.2. The van der Waals surface area contributed by atoms with Gasteiger partial charge >= 0.3 is 12.1 Å². The van der Waals surface area contributed by atoms with E-state index in [4.69, 9.17) is 0 Å². The number of halogens is 3. The molecule has 0 saturated heterocycles. The molecule has 0 aromatic heterocycles. The van der Waals surface area contributed by atoms with Crippen LogP contribution in [0.2, 0.25) is 0 Å². The Morgan fingerprint density at radius 2 is 1.63 bits per heavy atom. The summed E-state index contributed by atoms with van der Waals surface area (Å²) in [5.41, 5.74) is 0.318. The summed E-state index contributed by atoms with van der Waals surface area (Å²) < 4.78 is 65.6. The quantitative estimate of drug-likeness (QED) is 0.840. The Labute approximate surface area is 153 Å². The van der Waals surface area contributed by atoms with Gasteiger partial charge in [0.2, 0.25) is 10.0 Å². The van der Waals surface area contributed by atoms with Gasteiger partial charge in [-0.1, -0.05) is 18.2 Å². The van der Waals surface area contributed by atoms with E-state index in [1.165, 1.54) is 42.5 Å². The third-order valence-corrected chi connectivity index (χ3v) is 6.02. The minimum Gasteiger partial charge on any atom is -0.508 e. The molecule has 0 atom stereocenters. The fourth-order valence-electron chi connectivity index (χ4n) is 2.85. The summed E-state index contributed by atoms with van der Waals surface area (Å²) in [4.78, 5) is 12.3. The number of para-hydroxylation sites is 1. The molecule has 1 heterocycles. The average Bonchev–Trinajstić information content (AvgIpc) is 2.80. The summed E-state index contributed by atoms with van der Waals surface area (Å²) >= 11 is 0. The Morgan fingerprint density at radius 1 is 1.00 bits per heavy atom. The number of amides is 1. The lowest BCUT2D eigenvalue weighted by Crippen LogP contribution is -2.44. The van der Waals surface area contributed by atoms with Crippen LogP contribution in [-0.2, 0) is 21.4 Å². The van der Waals surface area contributed by atoms with Crippen molar-refractivity contribution in [3.8, 4) is 5.75 Å². The lowest BCUT2D eigenvalue weighted by Gasteiger charge is -2.23. The molecule has 2 aromatic rings. The van der Waals surface area contributed by atoms with E-state index in [1.54, 1.807) is 6.07 Å². The number of hydrogen-bond acceptors (Lipinski definition) is 4. The number of aromatic hydroxyl groups is 1. The molecule has 1 aliphatic rings. The Kier molecular flexibility index (Phi) is 4.87. The van der Waals surface area contributed by atoms with Gasteiger partial charge in [0.15, 0.2) is 0 Å². The highest BCUT2D eigenvalue weighted by molar-refractivity contribution is 7.89. The number of hydrogen-bond donors (Lipinski definition) is 1. The number of phenolic OH excluding ortho intramolecular Hbond substituents is 1. The van der Waals surface area contributed by atoms with Gasteiger partial charge in [-0.05, 0) is 35.9 Å². The molecule has 0 aliphatic carbocycles. The van der Waals surface area contributed by atoms with Crippen LogP contribution in [0.3, 0.4) is 0 Å². The van der Waals surface area contributed by atoms with Crippen LogP contribution in [0.4, 0.5) is 18.9 Å². The SMILES string of the molecule is O=C(N1CCN(S(=O)(=O)c2ccc(O)cc2)Cc2ccccc21)C(F)(F)F. The van der Waals surface area contributed by atoms with Gasteiger partial charge in [-0.3, -0.25) is 4.79 Å². The van der Waals surface area contributed by atoms with Gasteiger partial charge in [-0.15, -0.1) is 0 Å². The predicted octanol–water partition coefficient (Wildman–Crippen LogP) is 2.49. The van der Waals surface area contributed by atoms with Crippen LogP contribution >= 0.6 is 0 Å². The van der Waals surface area contributed by atoms with E-state index in [1.807, 2.05) is 0 Å². The normalized spacial score (nSPS) is 15.9. The van der Waals surface area contributed by atoms with Crippen molar-refractivity contribution in [1.82, 2.24) is 4.31 Å². The maximum Gasteiger partial charge on any atom is 0.471 e. The first-order valence-corrected chi connectivity index (χ1v) is 9.30. The number of sulfonamides is 1. The number of nitrogens with zero attached hydrogens (tertiary/aromatic N) is 2. The summed E-state index contributed by atoms with van der Waals surface area (Å²) in [6.07, 6.45) is -5.07. The zero-order chi connectivity index (χ0) is 19.8. The Balaban J connectivity index is 2.00. The molecule has 144 valence electrons. The van der Waals surface area contributed by atoms with Gasteiger partial charge in [0.1, 0.15) is 5.75 Å². The molecule has 0 fully saturated rings. The number of phenols is 1. The number of carbonyl (C=O) groups is 1. The molecule has 27 heavy (non-hydrogen) atoms. The number of benzene rings is 2. The molecule has 0 bridgehead atoms. The third-order valence-electron chi connectivity index (χ3n) is 4.16. The van der Waals surface area contributed by atoms with E-state index < -0.39 is 28.7 Å². The molecule has 0 saturated carbocycles. The standard InChI is InChI=1S/C17H15F3N2O4S/c18-17(19,20)16(24)22-10-9-21(11-12-3-1-2-4-15(12)22)27(25,26)14-7-5-13(23)6-8-14/h1-8,23H,9-11H2. The van der Waals surface area contributed by atoms with Crippen molar-refractivity contribution in [3.63, 3.8) is 0 Å². The van der Waals surface area contributed by atoms with E-state index in [0.717, 1.165) is 4.31 Å². The van der Waals surface area contributed by atoms with Crippen LogP contribution < -0.4 is 4.90 Å². The average molecular weight is 400 g/mol. The molecule has 0 radical (unpaired) electrons. The topological polar surface area (TPSA) is 77.9 Å². The lowest BCUT2D eigenvalue weighted by molar-refractivity contribution is -0.170. The zero-order valence-electron chi connectivity index (χ0n) is 13.8.